The number of rotatable bonds is 5. The van der Waals surface area contributed by atoms with Gasteiger partial charge in [-0.2, -0.15) is 18.2 Å². The fraction of sp³-hybridized carbons (Fsp3) is 0.452. The predicted molar refractivity (Wildman–Crippen MR) is 163 cm³/mol. The zero-order chi connectivity index (χ0) is 33.0. The van der Waals surface area contributed by atoms with Crippen LogP contribution < -0.4 is 15.3 Å². The zero-order valence-electron chi connectivity index (χ0n) is 25.1. The maximum atomic E-state index is 15.0. The Morgan fingerprint density at radius 2 is 1.85 bits per heavy atom. The number of anilines is 1. The minimum atomic E-state index is -4.85. The molecule has 1 fully saturated rings. The first-order chi connectivity index (χ1) is 21.8. The normalized spacial score (nSPS) is 23.1. The second kappa shape index (κ2) is 12.0. The molecule has 9 nitrogen and oxygen atoms in total. The third kappa shape index (κ3) is 5.96. The van der Waals surface area contributed by atoms with Crippen molar-refractivity contribution in [1.82, 2.24) is 24.4 Å². The molecule has 1 amide bonds. The summed E-state index contributed by atoms with van der Waals surface area (Å²) in [6, 6.07) is 1.90. The van der Waals surface area contributed by atoms with Crippen molar-refractivity contribution in [3.05, 3.63) is 64.9 Å². The van der Waals surface area contributed by atoms with Crippen molar-refractivity contribution >= 4 is 40.0 Å². The van der Waals surface area contributed by atoms with E-state index >= 15 is 0 Å². The molecule has 0 N–H and O–H groups in total. The fourth-order valence-corrected chi connectivity index (χ4v) is 7.81. The van der Waals surface area contributed by atoms with Crippen molar-refractivity contribution in [3.8, 4) is 6.01 Å². The maximum absolute atomic E-state index is 15.0. The van der Waals surface area contributed by atoms with E-state index in [4.69, 9.17) is 4.74 Å². The highest BCUT2D eigenvalue weighted by molar-refractivity contribution is 7.99. The lowest BCUT2D eigenvalue weighted by Gasteiger charge is -2.44. The number of nitrogens with zero attached hydrogens (tertiary/aromatic N) is 6. The summed E-state index contributed by atoms with van der Waals surface area (Å²) in [5, 5.41) is 0.0967. The third-order valence-electron chi connectivity index (χ3n) is 8.49. The van der Waals surface area contributed by atoms with E-state index in [-0.39, 0.29) is 88.6 Å². The molecular weight excluding hydrogens is 631 g/mol. The Balaban J connectivity index is 1.57. The molecule has 46 heavy (non-hydrogen) atoms. The highest BCUT2D eigenvalue weighted by Crippen LogP contribution is 2.49. The second-order valence-electron chi connectivity index (χ2n) is 11.8. The van der Waals surface area contributed by atoms with E-state index in [1.165, 1.54) is 29.1 Å². The molecule has 2 aromatic heterocycles. The molecule has 1 aliphatic carbocycles. The number of halogens is 5. The van der Waals surface area contributed by atoms with Crippen LogP contribution in [0.5, 0.6) is 6.01 Å². The van der Waals surface area contributed by atoms with Crippen LogP contribution in [0.4, 0.5) is 27.8 Å². The van der Waals surface area contributed by atoms with Gasteiger partial charge in [-0.05, 0) is 44.1 Å². The van der Waals surface area contributed by atoms with Gasteiger partial charge in [-0.1, -0.05) is 12.7 Å². The van der Waals surface area contributed by atoms with Gasteiger partial charge in [-0.15, -0.1) is 11.8 Å². The van der Waals surface area contributed by atoms with Gasteiger partial charge in [-0.25, -0.2) is 23.5 Å². The molecule has 244 valence electrons. The Morgan fingerprint density at radius 3 is 2.46 bits per heavy atom. The molecule has 3 atom stereocenters. The summed E-state index contributed by atoms with van der Waals surface area (Å²) < 4.78 is 80.4. The number of benzene rings is 1. The Kier molecular flexibility index (Phi) is 8.32. The number of hydrogen-bond acceptors (Lipinski definition) is 8. The summed E-state index contributed by atoms with van der Waals surface area (Å²) >= 11 is 1.07. The standard InChI is InChI=1S/C31H31F5N6O3S/c1-4-23(43)42-17(2)13-40(14-18(42)3)27-21-12-22(31(34,35)36)24(19-6-8-30(32,33)9-7-19)26-25(21)41(29(44)39-27)15-20(16-46-26)45-28-37-10-5-11-38-28/h4-6,10-12,17-18,20H,1,7-9,13-16H2,2-3H3/t17-,18+,20-/m0/s1. The Hall–Kier alpha value is -4.01. The van der Waals surface area contributed by atoms with Crippen molar-refractivity contribution in [2.24, 2.45) is 0 Å². The molecule has 1 aromatic carbocycles. The van der Waals surface area contributed by atoms with Crippen LogP contribution in [0.2, 0.25) is 0 Å². The van der Waals surface area contributed by atoms with E-state index in [0.717, 1.165) is 17.8 Å². The monoisotopic (exact) mass is 662 g/mol. The summed E-state index contributed by atoms with van der Waals surface area (Å²) in [4.78, 5) is 42.4. The van der Waals surface area contributed by atoms with E-state index in [0.29, 0.717) is 0 Å². The number of aromatic nitrogens is 4. The lowest BCUT2D eigenvalue weighted by molar-refractivity contribution is -0.138. The molecule has 0 saturated carbocycles. The Morgan fingerprint density at radius 1 is 1.15 bits per heavy atom. The third-order valence-corrected chi connectivity index (χ3v) is 9.72. The molecule has 1 saturated heterocycles. The highest BCUT2D eigenvalue weighted by Gasteiger charge is 2.42. The first-order valence-corrected chi connectivity index (χ1v) is 15.8. The number of amides is 1. The predicted octanol–water partition coefficient (Wildman–Crippen LogP) is 5.57. The van der Waals surface area contributed by atoms with Crippen LogP contribution in [-0.4, -0.2) is 73.3 Å². The fourth-order valence-electron chi connectivity index (χ4n) is 6.54. The average Bonchev–Trinajstić information content (AvgIpc) is 3.19. The van der Waals surface area contributed by atoms with Gasteiger partial charge in [0.25, 0.3) is 5.92 Å². The zero-order valence-corrected chi connectivity index (χ0v) is 25.9. The summed E-state index contributed by atoms with van der Waals surface area (Å²) in [6.45, 7) is 7.53. The van der Waals surface area contributed by atoms with Gasteiger partial charge in [0.15, 0.2) is 0 Å². The quantitative estimate of drug-likeness (QED) is 0.259. The van der Waals surface area contributed by atoms with Crippen LogP contribution in [0, 0.1) is 0 Å². The van der Waals surface area contributed by atoms with E-state index in [1.54, 1.807) is 29.7 Å². The van der Waals surface area contributed by atoms with Crippen molar-refractivity contribution < 1.29 is 31.5 Å². The molecule has 0 radical (unpaired) electrons. The molecule has 2 aliphatic heterocycles. The molecule has 3 aromatic rings. The van der Waals surface area contributed by atoms with Crippen LogP contribution in [0.1, 0.15) is 44.2 Å². The lowest BCUT2D eigenvalue weighted by atomic mass is 9.87. The first-order valence-electron chi connectivity index (χ1n) is 14.8. The van der Waals surface area contributed by atoms with Crippen molar-refractivity contribution in [2.45, 2.75) is 74.8 Å². The molecule has 0 spiro atoms. The van der Waals surface area contributed by atoms with Crippen LogP contribution in [-0.2, 0) is 17.5 Å². The molecule has 0 unspecified atom stereocenters. The van der Waals surface area contributed by atoms with Gasteiger partial charge in [-0.3, -0.25) is 9.36 Å². The molecule has 3 aliphatic rings. The number of hydrogen-bond donors (Lipinski definition) is 0. The SMILES string of the molecule is C=CC(=O)N1[C@H](C)CN(c2nc(=O)n3c4c(c(C5=CCC(F)(F)CC5)c(C(F)(F)F)cc24)SC[C@@H](Oc2ncccn2)C3)C[C@@H]1C. The summed E-state index contributed by atoms with van der Waals surface area (Å²) in [6.07, 6.45) is -1.77. The Bertz CT molecular complexity index is 1770. The van der Waals surface area contributed by atoms with E-state index < -0.39 is 42.3 Å². The van der Waals surface area contributed by atoms with Gasteiger partial charge in [0.2, 0.25) is 5.91 Å². The molecule has 15 heteroatoms. The number of carbonyl (C=O) groups is 1. The molecule has 4 heterocycles. The number of carbonyl (C=O) groups excluding carboxylic acids is 1. The van der Waals surface area contributed by atoms with Gasteiger partial charge in [0, 0.05) is 72.0 Å². The number of alkyl halides is 5. The van der Waals surface area contributed by atoms with Gasteiger partial charge in [0.1, 0.15) is 11.9 Å². The minimum absolute atomic E-state index is 0.0382. The average molecular weight is 663 g/mol. The van der Waals surface area contributed by atoms with E-state index in [1.807, 2.05) is 0 Å². The summed E-state index contributed by atoms with van der Waals surface area (Å²) in [5.41, 5.74) is -1.51. The number of thioether (sulfide) groups is 1. The number of piperazine rings is 1. The van der Waals surface area contributed by atoms with Crippen LogP contribution in [0.3, 0.4) is 0 Å². The topological polar surface area (TPSA) is 93.5 Å². The van der Waals surface area contributed by atoms with Crippen LogP contribution in [0.15, 0.2) is 52.9 Å². The first kappa shape index (κ1) is 32.0. The smallest absolute Gasteiger partial charge is 0.417 e. The van der Waals surface area contributed by atoms with Crippen LogP contribution >= 0.6 is 11.8 Å². The van der Waals surface area contributed by atoms with Crippen molar-refractivity contribution in [1.29, 1.82) is 0 Å². The number of allylic oxidation sites excluding steroid dienone is 2. The lowest BCUT2D eigenvalue weighted by Crippen LogP contribution is -2.58. The van der Waals surface area contributed by atoms with Crippen LogP contribution in [0.25, 0.3) is 16.5 Å². The van der Waals surface area contributed by atoms with Gasteiger partial charge < -0.3 is 14.5 Å². The molecule has 6 rings (SSSR count). The second-order valence-corrected chi connectivity index (χ2v) is 12.8. The largest absolute Gasteiger partial charge is 0.457 e. The van der Waals surface area contributed by atoms with Gasteiger partial charge >= 0.3 is 17.9 Å². The molecular formula is C31H31F5N6O3S. The van der Waals surface area contributed by atoms with Crippen molar-refractivity contribution in [2.75, 3.05) is 23.7 Å². The molecule has 0 bridgehead atoms. The minimum Gasteiger partial charge on any atom is -0.457 e. The highest BCUT2D eigenvalue weighted by atomic mass is 32.2. The summed E-state index contributed by atoms with van der Waals surface area (Å²) in [7, 11) is 0. The van der Waals surface area contributed by atoms with Crippen molar-refractivity contribution in [3.63, 3.8) is 0 Å². The van der Waals surface area contributed by atoms with E-state index in [2.05, 4.69) is 21.5 Å². The van der Waals surface area contributed by atoms with Gasteiger partial charge in [0.05, 0.1) is 17.6 Å². The Labute approximate surface area is 265 Å². The van der Waals surface area contributed by atoms with E-state index in [9.17, 15) is 31.5 Å². The number of ether oxygens (including phenoxy) is 1. The summed E-state index contributed by atoms with van der Waals surface area (Å²) in [5.74, 6) is -3.11. The maximum Gasteiger partial charge on any atom is 0.417 e.